The molecule has 31 heavy (non-hydrogen) atoms. The van der Waals surface area contributed by atoms with E-state index in [0.29, 0.717) is 23.8 Å². The summed E-state index contributed by atoms with van der Waals surface area (Å²) in [6, 6.07) is 12.2. The molecule has 11 heteroatoms. The van der Waals surface area contributed by atoms with E-state index in [0.717, 1.165) is 11.8 Å². The molecule has 0 aliphatic rings. The van der Waals surface area contributed by atoms with Gasteiger partial charge in [0.25, 0.3) is 0 Å². The third kappa shape index (κ3) is 6.23. The van der Waals surface area contributed by atoms with Crippen LogP contribution in [0.15, 0.2) is 48.7 Å². The van der Waals surface area contributed by atoms with Crippen molar-refractivity contribution in [2.45, 2.75) is 32.0 Å². The van der Waals surface area contributed by atoms with E-state index < -0.39 is 21.6 Å². The maximum absolute atomic E-state index is 12.6. The van der Waals surface area contributed by atoms with E-state index in [1.54, 1.807) is 36.6 Å². The van der Waals surface area contributed by atoms with Crippen LogP contribution in [0, 0.1) is 0 Å². The van der Waals surface area contributed by atoms with Crippen LogP contribution in [0.25, 0.3) is 5.65 Å². The molecule has 1 atom stereocenters. The van der Waals surface area contributed by atoms with Crippen LogP contribution in [0.2, 0.25) is 0 Å². The lowest BCUT2D eigenvalue weighted by atomic mass is 10.1. The van der Waals surface area contributed by atoms with Crippen molar-refractivity contribution in [2.75, 3.05) is 17.6 Å². The zero-order valence-corrected chi connectivity index (χ0v) is 18.4. The van der Waals surface area contributed by atoms with Crippen LogP contribution < -0.4 is 15.8 Å². The van der Waals surface area contributed by atoms with Gasteiger partial charge in [0.1, 0.15) is 6.04 Å². The lowest BCUT2D eigenvalue weighted by Crippen LogP contribution is -2.50. The number of sulfonamides is 1. The van der Waals surface area contributed by atoms with Crippen LogP contribution in [0.3, 0.4) is 0 Å². The molecule has 0 radical (unpaired) electrons. The molecule has 1 aromatic carbocycles. The molecule has 0 saturated heterocycles. The van der Waals surface area contributed by atoms with E-state index in [4.69, 9.17) is 10.5 Å². The molecule has 0 bridgehead atoms. The number of rotatable bonds is 9. The van der Waals surface area contributed by atoms with Gasteiger partial charge >= 0.3 is 0 Å². The molecule has 2 heterocycles. The van der Waals surface area contributed by atoms with E-state index in [9.17, 15) is 13.2 Å². The largest absolute Gasteiger partial charge is 0.374 e. The molecule has 166 valence electrons. The highest BCUT2D eigenvalue weighted by atomic mass is 32.2. The molecule has 0 aliphatic heterocycles. The molecule has 1 amide bonds. The summed E-state index contributed by atoms with van der Waals surface area (Å²) >= 11 is 0. The third-order valence-electron chi connectivity index (χ3n) is 4.33. The highest BCUT2D eigenvalue weighted by Gasteiger charge is 2.28. The molecule has 1 unspecified atom stereocenters. The predicted molar refractivity (Wildman–Crippen MR) is 117 cm³/mol. The maximum Gasteiger partial charge on any atom is 0.240 e. The average molecular weight is 447 g/mol. The molecule has 0 aliphatic carbocycles. The quantitative estimate of drug-likeness (QED) is 0.449. The summed E-state index contributed by atoms with van der Waals surface area (Å²) in [7, 11) is -3.46. The van der Waals surface area contributed by atoms with Gasteiger partial charge < -0.3 is 15.8 Å². The second-order valence-corrected chi connectivity index (χ2v) is 9.58. The summed E-state index contributed by atoms with van der Waals surface area (Å²) in [5, 5.41) is 11.2. The summed E-state index contributed by atoms with van der Waals surface area (Å²) in [5.74, 6) is 0.000731. The first-order valence-electron chi connectivity index (χ1n) is 9.57. The number of carbonyl (C=O) groups excluding carboxylic acids is 1. The van der Waals surface area contributed by atoms with E-state index in [2.05, 4.69) is 20.2 Å². The minimum atomic E-state index is -3.46. The Balaban J connectivity index is 1.88. The topological polar surface area (TPSA) is 141 Å². The number of nitrogens with zero attached hydrogens (tertiary/aromatic N) is 3. The lowest BCUT2D eigenvalue weighted by molar-refractivity contribution is -0.126. The monoisotopic (exact) mass is 446 g/mol. The summed E-state index contributed by atoms with van der Waals surface area (Å²) < 4.78 is 33.0. The Hall–Kier alpha value is -3.02. The normalized spacial score (nSPS) is 13.2. The van der Waals surface area contributed by atoms with Crippen molar-refractivity contribution in [1.82, 2.24) is 19.9 Å². The Morgan fingerprint density at radius 3 is 2.55 bits per heavy atom. The van der Waals surface area contributed by atoms with Crippen LogP contribution >= 0.6 is 0 Å². The van der Waals surface area contributed by atoms with Crippen molar-refractivity contribution in [3.8, 4) is 0 Å². The minimum absolute atomic E-state index is 0.112. The SMILES string of the molecule is CC(C)(N)C(=O)NC(COCc1ccccc1)c1nnc2ccc(NS(C)(=O)=O)cn12. The second-order valence-electron chi connectivity index (χ2n) is 7.83. The van der Waals surface area contributed by atoms with Gasteiger partial charge in [-0.15, -0.1) is 10.2 Å². The zero-order valence-electron chi connectivity index (χ0n) is 17.6. The molecule has 4 N–H and O–H groups in total. The van der Waals surface area contributed by atoms with Crippen molar-refractivity contribution < 1.29 is 17.9 Å². The smallest absolute Gasteiger partial charge is 0.240 e. The molecule has 2 aromatic heterocycles. The first kappa shape index (κ1) is 22.7. The summed E-state index contributed by atoms with van der Waals surface area (Å²) in [6.07, 6.45) is 2.61. The standard InChI is InChI=1S/C20H26N6O4S/c1-20(2,21)19(27)22-16(13-30-12-14-7-5-4-6-8-14)18-24-23-17-10-9-15(11-26(17)18)25-31(3,28)29/h4-11,16,25H,12-13,21H2,1-3H3,(H,22,27). The van der Waals surface area contributed by atoms with Crippen LogP contribution in [0.4, 0.5) is 5.69 Å². The minimum Gasteiger partial charge on any atom is -0.374 e. The van der Waals surface area contributed by atoms with Gasteiger partial charge in [-0.05, 0) is 31.5 Å². The molecule has 3 aromatic rings. The van der Waals surface area contributed by atoms with Crippen molar-refractivity contribution in [3.05, 3.63) is 60.0 Å². The highest BCUT2D eigenvalue weighted by molar-refractivity contribution is 7.92. The number of ether oxygens (including phenoxy) is 1. The second kappa shape index (κ2) is 9.00. The summed E-state index contributed by atoms with van der Waals surface area (Å²) in [5.41, 5.74) is 6.64. The Morgan fingerprint density at radius 2 is 1.90 bits per heavy atom. The van der Waals surface area contributed by atoms with Gasteiger partial charge in [0, 0.05) is 6.20 Å². The summed E-state index contributed by atoms with van der Waals surface area (Å²) in [4.78, 5) is 12.6. The number of aromatic nitrogens is 3. The van der Waals surface area contributed by atoms with Gasteiger partial charge in [-0.25, -0.2) is 8.42 Å². The molecule has 10 nitrogen and oxygen atoms in total. The number of carbonyl (C=O) groups is 1. The number of fused-ring (bicyclic) bond motifs is 1. The van der Waals surface area contributed by atoms with E-state index >= 15 is 0 Å². The zero-order chi connectivity index (χ0) is 22.6. The van der Waals surface area contributed by atoms with Gasteiger partial charge in [0.15, 0.2) is 11.5 Å². The van der Waals surface area contributed by atoms with E-state index in [1.807, 2.05) is 30.3 Å². The fourth-order valence-corrected chi connectivity index (χ4v) is 3.36. The maximum atomic E-state index is 12.6. The number of nitrogens with one attached hydrogen (secondary N) is 2. The summed E-state index contributed by atoms with van der Waals surface area (Å²) in [6.45, 7) is 3.65. The van der Waals surface area contributed by atoms with Gasteiger partial charge in [-0.3, -0.25) is 13.9 Å². The third-order valence-corrected chi connectivity index (χ3v) is 4.94. The fraction of sp³-hybridized carbons (Fsp3) is 0.350. The van der Waals surface area contributed by atoms with Crippen molar-refractivity contribution in [2.24, 2.45) is 5.73 Å². The molecule has 0 saturated carbocycles. The van der Waals surface area contributed by atoms with Crippen LogP contribution in [0.5, 0.6) is 0 Å². The Labute approximate surface area is 180 Å². The fourth-order valence-electron chi connectivity index (χ4n) is 2.81. The van der Waals surface area contributed by atoms with Crippen LogP contribution in [-0.4, -0.2) is 47.3 Å². The molecule has 0 fully saturated rings. The predicted octanol–water partition coefficient (Wildman–Crippen LogP) is 1.21. The van der Waals surface area contributed by atoms with Crippen LogP contribution in [-0.2, 0) is 26.2 Å². The first-order valence-corrected chi connectivity index (χ1v) is 11.5. The average Bonchev–Trinajstić information content (AvgIpc) is 3.09. The van der Waals surface area contributed by atoms with Crippen molar-refractivity contribution in [3.63, 3.8) is 0 Å². The first-order chi connectivity index (χ1) is 14.5. The Bertz CT molecular complexity index is 1160. The number of hydrogen-bond donors (Lipinski definition) is 3. The number of pyridine rings is 1. The van der Waals surface area contributed by atoms with E-state index in [1.165, 1.54) is 0 Å². The highest BCUT2D eigenvalue weighted by Crippen LogP contribution is 2.18. The van der Waals surface area contributed by atoms with E-state index in [-0.39, 0.29) is 12.5 Å². The molecule has 3 rings (SSSR count). The van der Waals surface area contributed by atoms with Gasteiger partial charge in [0.05, 0.1) is 30.7 Å². The number of anilines is 1. The molecule has 0 spiro atoms. The van der Waals surface area contributed by atoms with Crippen LogP contribution in [0.1, 0.15) is 31.3 Å². The van der Waals surface area contributed by atoms with Crippen molar-refractivity contribution >= 4 is 27.3 Å². The number of nitrogens with two attached hydrogens (primary N) is 1. The molecular weight excluding hydrogens is 420 g/mol. The van der Waals surface area contributed by atoms with Gasteiger partial charge in [-0.2, -0.15) is 0 Å². The number of benzene rings is 1. The lowest BCUT2D eigenvalue weighted by Gasteiger charge is -2.23. The van der Waals surface area contributed by atoms with Gasteiger partial charge in [-0.1, -0.05) is 30.3 Å². The van der Waals surface area contributed by atoms with Crippen molar-refractivity contribution in [1.29, 1.82) is 0 Å². The van der Waals surface area contributed by atoms with Gasteiger partial charge in [0.2, 0.25) is 15.9 Å². The molecular formula is C20H26N6O4S. The number of hydrogen-bond acceptors (Lipinski definition) is 7. The Kier molecular flexibility index (Phi) is 6.58. The number of amides is 1. The Morgan fingerprint density at radius 1 is 1.19 bits per heavy atom.